The van der Waals surface area contributed by atoms with Crippen LogP contribution in [-0.2, 0) is 4.79 Å². The minimum atomic E-state index is 0.652. The molecule has 2 N–H and O–H groups in total. The molecule has 1 heterocycles. The molecule has 0 aliphatic rings. The molecule has 0 aliphatic carbocycles. The van der Waals surface area contributed by atoms with Gasteiger partial charge in [-0.15, -0.1) is 0 Å². The molecule has 16 heavy (non-hydrogen) atoms. The molecule has 3 nitrogen and oxygen atoms in total. The molecule has 1 aromatic rings. The van der Waals surface area contributed by atoms with E-state index in [9.17, 15) is 4.79 Å². The summed E-state index contributed by atoms with van der Waals surface area (Å²) in [5, 5.41) is 2.89. The number of hydrogen-bond donors (Lipinski definition) is 2. The van der Waals surface area contributed by atoms with Crippen LogP contribution in [0.5, 0.6) is 0 Å². The average Bonchev–Trinajstić information content (AvgIpc) is 2.76. The van der Waals surface area contributed by atoms with Crippen molar-refractivity contribution < 1.29 is 4.79 Å². The average molecular weight is 216 g/mol. The number of allylic oxidation sites excluding steroid dienone is 3. The largest absolute Gasteiger partial charge is 0.394 e. The van der Waals surface area contributed by atoms with E-state index in [4.69, 9.17) is 0 Å². The van der Waals surface area contributed by atoms with E-state index in [1.54, 1.807) is 12.3 Å². The molecule has 0 saturated carbocycles. The topological polar surface area (TPSA) is 44.9 Å². The summed E-state index contributed by atoms with van der Waals surface area (Å²) in [4.78, 5) is 14.2. The van der Waals surface area contributed by atoms with Gasteiger partial charge in [0.05, 0.1) is 0 Å². The lowest BCUT2D eigenvalue weighted by atomic mass is 10.1. The second-order valence-corrected chi connectivity index (χ2v) is 3.37. The molecular weight excluding hydrogens is 200 g/mol. The van der Waals surface area contributed by atoms with Crippen molar-refractivity contribution in [1.82, 2.24) is 10.3 Å². The van der Waals surface area contributed by atoms with Crippen LogP contribution in [0.25, 0.3) is 11.6 Å². The molecule has 0 aliphatic heterocycles. The molecule has 3 heteroatoms. The summed E-state index contributed by atoms with van der Waals surface area (Å²) in [6.45, 7) is 5.56. The van der Waals surface area contributed by atoms with E-state index in [1.807, 2.05) is 32.2 Å². The van der Waals surface area contributed by atoms with Crippen molar-refractivity contribution in [3.05, 3.63) is 47.9 Å². The van der Waals surface area contributed by atoms with Gasteiger partial charge in [-0.1, -0.05) is 6.58 Å². The van der Waals surface area contributed by atoms with Gasteiger partial charge in [-0.2, -0.15) is 0 Å². The van der Waals surface area contributed by atoms with Gasteiger partial charge in [-0.05, 0) is 43.0 Å². The van der Waals surface area contributed by atoms with E-state index >= 15 is 0 Å². The number of carbonyl (C=O) groups is 1. The Balaban J connectivity index is 3.10. The van der Waals surface area contributed by atoms with Crippen LogP contribution in [0.3, 0.4) is 0 Å². The molecule has 0 saturated heterocycles. The third-order valence-electron chi connectivity index (χ3n) is 2.26. The number of rotatable bonds is 5. The van der Waals surface area contributed by atoms with Crippen molar-refractivity contribution >= 4 is 17.9 Å². The summed E-state index contributed by atoms with van der Waals surface area (Å²) in [6, 6.07) is 3.76. The molecule has 0 unspecified atom stereocenters. The Morgan fingerprint density at radius 3 is 2.75 bits per heavy atom. The minimum absolute atomic E-state index is 0.652. The summed E-state index contributed by atoms with van der Waals surface area (Å²) < 4.78 is 0. The van der Waals surface area contributed by atoms with Crippen LogP contribution in [0, 0.1) is 0 Å². The second kappa shape index (κ2) is 5.75. The lowest BCUT2D eigenvalue weighted by Gasteiger charge is -2.00. The van der Waals surface area contributed by atoms with Crippen LogP contribution in [0.15, 0.2) is 36.6 Å². The molecule has 1 aromatic heterocycles. The van der Waals surface area contributed by atoms with Crippen molar-refractivity contribution in [1.29, 1.82) is 0 Å². The fourth-order valence-electron chi connectivity index (χ4n) is 1.36. The molecule has 84 valence electrons. The van der Waals surface area contributed by atoms with Crippen molar-refractivity contribution in [2.75, 3.05) is 7.05 Å². The molecule has 1 rings (SSSR count). The molecule has 0 fully saturated rings. The normalized spacial score (nSPS) is 12.4. The minimum Gasteiger partial charge on any atom is -0.394 e. The first-order valence-corrected chi connectivity index (χ1v) is 5.04. The Hall–Kier alpha value is -2.03. The van der Waals surface area contributed by atoms with Gasteiger partial charge < -0.3 is 10.3 Å². The highest BCUT2D eigenvalue weighted by Gasteiger charge is 2.05. The second-order valence-electron chi connectivity index (χ2n) is 3.37. The summed E-state index contributed by atoms with van der Waals surface area (Å²) >= 11 is 0. The fraction of sp³-hybridized carbons (Fsp3) is 0.154. The maximum atomic E-state index is 11.0. The van der Waals surface area contributed by atoms with E-state index in [0.717, 1.165) is 23.2 Å². The van der Waals surface area contributed by atoms with Crippen molar-refractivity contribution in [3.8, 4) is 0 Å². The van der Waals surface area contributed by atoms with Crippen molar-refractivity contribution in [3.63, 3.8) is 0 Å². The van der Waals surface area contributed by atoms with Gasteiger partial charge in [0.1, 0.15) is 0 Å². The maximum absolute atomic E-state index is 11.0. The maximum Gasteiger partial charge on any atom is 0.152 e. The van der Waals surface area contributed by atoms with Gasteiger partial charge in [0, 0.05) is 24.0 Å². The highest BCUT2D eigenvalue weighted by Crippen LogP contribution is 2.17. The zero-order valence-corrected chi connectivity index (χ0v) is 9.58. The summed E-state index contributed by atoms with van der Waals surface area (Å²) in [5.41, 5.74) is 3.27. The predicted molar refractivity (Wildman–Crippen MR) is 67.7 cm³/mol. The first kappa shape index (κ1) is 12.0. The number of aromatic amines is 1. The number of nitrogens with one attached hydrogen (secondary N) is 2. The van der Waals surface area contributed by atoms with E-state index in [1.165, 1.54) is 0 Å². The summed E-state index contributed by atoms with van der Waals surface area (Å²) in [6.07, 6.45) is 6.22. The molecule has 0 atom stereocenters. The van der Waals surface area contributed by atoms with E-state index in [-0.39, 0.29) is 0 Å². The molecule has 0 bridgehead atoms. The Kier molecular flexibility index (Phi) is 4.33. The van der Waals surface area contributed by atoms with Crippen LogP contribution < -0.4 is 5.32 Å². The molecule has 0 spiro atoms. The zero-order chi connectivity index (χ0) is 12.0. The molecular formula is C13H16N2O. The lowest BCUT2D eigenvalue weighted by molar-refractivity contribution is -0.103. The predicted octanol–water partition coefficient (Wildman–Crippen LogP) is 2.36. The number of hydrogen-bond acceptors (Lipinski definition) is 2. The smallest absolute Gasteiger partial charge is 0.152 e. The SMILES string of the molecule is C=Cc1ccc(/C(C=O)=C(C)/C=C\NC)[nH]1. The third kappa shape index (κ3) is 2.73. The summed E-state index contributed by atoms with van der Waals surface area (Å²) in [5.74, 6) is 0. The number of aldehydes is 1. The standard InChI is InChI=1S/C13H16N2O/c1-4-11-5-6-13(15-11)12(9-16)10(2)7-8-14-3/h4-9,14-15H,1H2,2-3H3/b8-7-,12-10+. The van der Waals surface area contributed by atoms with E-state index < -0.39 is 0 Å². The first-order valence-electron chi connectivity index (χ1n) is 5.04. The Morgan fingerprint density at radius 2 is 2.25 bits per heavy atom. The van der Waals surface area contributed by atoms with Gasteiger partial charge >= 0.3 is 0 Å². The van der Waals surface area contributed by atoms with Crippen LogP contribution in [-0.4, -0.2) is 18.3 Å². The van der Waals surface area contributed by atoms with Gasteiger partial charge in [0.25, 0.3) is 0 Å². The van der Waals surface area contributed by atoms with Crippen molar-refractivity contribution in [2.45, 2.75) is 6.92 Å². The van der Waals surface area contributed by atoms with Crippen LogP contribution >= 0.6 is 0 Å². The van der Waals surface area contributed by atoms with Crippen molar-refractivity contribution in [2.24, 2.45) is 0 Å². The monoisotopic (exact) mass is 216 g/mol. The molecule has 0 amide bonds. The van der Waals surface area contributed by atoms with Crippen LogP contribution in [0.2, 0.25) is 0 Å². The van der Waals surface area contributed by atoms with E-state index in [0.29, 0.717) is 5.57 Å². The Bertz CT molecular complexity index is 439. The molecule has 0 aromatic carbocycles. The number of aromatic nitrogens is 1. The highest BCUT2D eigenvalue weighted by atomic mass is 16.1. The molecule has 0 radical (unpaired) electrons. The van der Waals surface area contributed by atoms with Crippen LogP contribution in [0.4, 0.5) is 0 Å². The fourth-order valence-corrected chi connectivity index (χ4v) is 1.36. The van der Waals surface area contributed by atoms with Crippen LogP contribution in [0.1, 0.15) is 18.3 Å². The highest BCUT2D eigenvalue weighted by molar-refractivity contribution is 6.08. The quantitative estimate of drug-likeness (QED) is 0.451. The third-order valence-corrected chi connectivity index (χ3v) is 2.26. The van der Waals surface area contributed by atoms with Gasteiger partial charge in [-0.25, -0.2) is 0 Å². The summed E-state index contributed by atoms with van der Waals surface area (Å²) in [7, 11) is 1.81. The first-order chi connectivity index (χ1) is 7.72. The zero-order valence-electron chi connectivity index (χ0n) is 9.58. The number of H-pyrrole nitrogens is 1. The number of carbonyl (C=O) groups excluding carboxylic acids is 1. The lowest BCUT2D eigenvalue weighted by Crippen LogP contribution is -1.94. The van der Waals surface area contributed by atoms with Gasteiger partial charge in [0.15, 0.2) is 6.29 Å². The Morgan fingerprint density at radius 1 is 1.50 bits per heavy atom. The van der Waals surface area contributed by atoms with E-state index in [2.05, 4.69) is 16.9 Å². The Labute approximate surface area is 95.6 Å². The van der Waals surface area contributed by atoms with Gasteiger partial charge in [0.2, 0.25) is 0 Å². The van der Waals surface area contributed by atoms with Gasteiger partial charge in [-0.3, -0.25) is 4.79 Å².